The van der Waals surface area contributed by atoms with Gasteiger partial charge in [-0.25, -0.2) is 0 Å². The quantitative estimate of drug-likeness (QED) is 0.701. The van der Waals surface area contributed by atoms with Crippen LogP contribution in [0.1, 0.15) is 13.8 Å². The zero-order valence-electron chi connectivity index (χ0n) is 8.35. The molecule has 1 aromatic rings. The minimum absolute atomic E-state index is 0.0123. The van der Waals surface area contributed by atoms with Crippen LogP contribution in [0.3, 0.4) is 0 Å². The Kier molecular flexibility index (Phi) is 3.50. The number of halogens is 4. The first-order chi connectivity index (χ1) is 6.84. The molecule has 0 atom stereocenters. The second-order valence-electron chi connectivity index (χ2n) is 3.38. The van der Waals surface area contributed by atoms with Gasteiger partial charge in [-0.1, -0.05) is 23.7 Å². The first-order valence-electron chi connectivity index (χ1n) is 4.44. The van der Waals surface area contributed by atoms with Crippen LogP contribution in [0.25, 0.3) is 0 Å². The van der Waals surface area contributed by atoms with Gasteiger partial charge < -0.3 is 0 Å². The highest BCUT2D eigenvalue weighted by Gasteiger charge is 2.39. The van der Waals surface area contributed by atoms with Crippen LogP contribution in [0, 0.1) is 0 Å². The maximum absolute atomic E-state index is 12.7. The van der Waals surface area contributed by atoms with Crippen molar-refractivity contribution in [2.24, 2.45) is 0 Å². The fraction of sp³-hybridized carbons (Fsp3) is 0.400. The normalized spacial score (nSPS) is 11.9. The van der Waals surface area contributed by atoms with Gasteiger partial charge in [-0.2, -0.15) is 13.2 Å². The third kappa shape index (κ3) is 2.78. The molecule has 0 aliphatic heterocycles. The molecular formula is C10H11ClF3N. The molecule has 5 heteroatoms. The molecule has 0 aliphatic carbocycles. The SMILES string of the molecule is CC(C)N(c1ccccc1Cl)C(F)(F)F. The topological polar surface area (TPSA) is 3.24 Å². The highest BCUT2D eigenvalue weighted by molar-refractivity contribution is 6.33. The summed E-state index contributed by atoms with van der Waals surface area (Å²) < 4.78 is 38.1. The fourth-order valence-corrected chi connectivity index (χ4v) is 1.58. The number of hydrogen-bond acceptors (Lipinski definition) is 1. The van der Waals surface area contributed by atoms with E-state index in [-0.39, 0.29) is 10.7 Å². The summed E-state index contributed by atoms with van der Waals surface area (Å²) in [5.41, 5.74) is -0.0123. The van der Waals surface area contributed by atoms with E-state index in [1.807, 2.05) is 0 Å². The molecule has 15 heavy (non-hydrogen) atoms. The van der Waals surface area contributed by atoms with E-state index in [4.69, 9.17) is 11.6 Å². The predicted molar refractivity (Wildman–Crippen MR) is 55.1 cm³/mol. The van der Waals surface area contributed by atoms with Gasteiger partial charge in [-0.05, 0) is 26.0 Å². The van der Waals surface area contributed by atoms with E-state index >= 15 is 0 Å². The minimum atomic E-state index is -4.42. The van der Waals surface area contributed by atoms with Crippen LogP contribution in [0.15, 0.2) is 24.3 Å². The van der Waals surface area contributed by atoms with Gasteiger partial charge in [0.05, 0.1) is 10.7 Å². The highest BCUT2D eigenvalue weighted by Crippen LogP contribution is 2.35. The van der Waals surface area contributed by atoms with Crippen LogP contribution in [-0.2, 0) is 0 Å². The Hall–Kier alpha value is -0.900. The molecule has 0 N–H and O–H groups in total. The summed E-state index contributed by atoms with van der Waals surface area (Å²) in [6, 6.07) is 5.24. The molecule has 1 rings (SSSR count). The average Bonchev–Trinajstić information content (AvgIpc) is 2.05. The Morgan fingerprint density at radius 3 is 2.13 bits per heavy atom. The molecule has 1 aromatic carbocycles. The lowest BCUT2D eigenvalue weighted by Crippen LogP contribution is -2.43. The van der Waals surface area contributed by atoms with E-state index in [2.05, 4.69) is 0 Å². The molecule has 0 aliphatic rings. The average molecular weight is 238 g/mol. The zero-order chi connectivity index (χ0) is 11.6. The van der Waals surface area contributed by atoms with Gasteiger partial charge in [-0.15, -0.1) is 0 Å². The Bertz CT molecular complexity index is 336. The van der Waals surface area contributed by atoms with Gasteiger partial charge >= 0.3 is 6.30 Å². The lowest BCUT2D eigenvalue weighted by atomic mass is 10.2. The zero-order valence-corrected chi connectivity index (χ0v) is 9.10. The molecule has 0 saturated heterocycles. The number of benzene rings is 1. The molecule has 0 spiro atoms. The van der Waals surface area contributed by atoms with Crippen molar-refractivity contribution in [3.05, 3.63) is 29.3 Å². The number of anilines is 1. The maximum atomic E-state index is 12.7. The summed E-state index contributed by atoms with van der Waals surface area (Å²) in [5.74, 6) is 0. The van der Waals surface area contributed by atoms with Crippen molar-refractivity contribution in [3.63, 3.8) is 0 Å². The van der Waals surface area contributed by atoms with Crippen molar-refractivity contribution in [1.82, 2.24) is 0 Å². The molecule has 0 bridgehead atoms. The molecule has 1 nitrogen and oxygen atoms in total. The van der Waals surface area contributed by atoms with Crippen LogP contribution in [0.5, 0.6) is 0 Å². The van der Waals surface area contributed by atoms with Crippen LogP contribution in [0.4, 0.5) is 18.9 Å². The molecule has 0 heterocycles. The predicted octanol–water partition coefficient (Wildman–Crippen LogP) is 4.07. The van der Waals surface area contributed by atoms with Crippen molar-refractivity contribution in [2.75, 3.05) is 4.90 Å². The van der Waals surface area contributed by atoms with E-state index in [0.717, 1.165) is 0 Å². The maximum Gasteiger partial charge on any atom is 0.485 e. The third-order valence-electron chi connectivity index (χ3n) is 1.90. The first kappa shape index (κ1) is 12.2. The van der Waals surface area contributed by atoms with Gasteiger partial charge in [-0.3, -0.25) is 4.90 Å². The van der Waals surface area contributed by atoms with Crippen LogP contribution in [0.2, 0.25) is 5.02 Å². The Morgan fingerprint density at radius 1 is 1.20 bits per heavy atom. The van der Waals surface area contributed by atoms with E-state index in [1.54, 1.807) is 6.07 Å². The standard InChI is InChI=1S/C10H11ClF3N/c1-7(2)15(10(12,13)14)9-6-4-3-5-8(9)11/h3-7H,1-2H3. The summed E-state index contributed by atoms with van der Waals surface area (Å²) in [6.45, 7) is 2.94. The van der Waals surface area contributed by atoms with Crippen molar-refractivity contribution >= 4 is 17.3 Å². The summed E-state index contributed by atoms with van der Waals surface area (Å²) >= 11 is 5.73. The van der Waals surface area contributed by atoms with Crippen LogP contribution in [-0.4, -0.2) is 12.3 Å². The number of hydrogen-bond donors (Lipinski definition) is 0. The Balaban J connectivity index is 3.17. The Labute approximate surface area is 91.5 Å². The van der Waals surface area contributed by atoms with Crippen molar-refractivity contribution < 1.29 is 13.2 Å². The molecule has 0 radical (unpaired) electrons. The largest absolute Gasteiger partial charge is 0.485 e. The first-order valence-corrected chi connectivity index (χ1v) is 4.82. The van der Waals surface area contributed by atoms with E-state index in [0.29, 0.717) is 4.90 Å². The highest BCUT2D eigenvalue weighted by atomic mass is 35.5. The molecule has 0 saturated carbocycles. The van der Waals surface area contributed by atoms with Crippen molar-refractivity contribution in [1.29, 1.82) is 0 Å². The van der Waals surface area contributed by atoms with Gasteiger partial charge in [0.25, 0.3) is 0 Å². The molecule has 0 fully saturated rings. The van der Waals surface area contributed by atoms with E-state index < -0.39 is 12.3 Å². The summed E-state index contributed by atoms with van der Waals surface area (Å²) in [6.07, 6.45) is -4.42. The number of para-hydroxylation sites is 1. The van der Waals surface area contributed by atoms with Gasteiger partial charge in [0.2, 0.25) is 0 Å². The van der Waals surface area contributed by atoms with E-state index in [9.17, 15) is 13.2 Å². The summed E-state index contributed by atoms with van der Waals surface area (Å²) in [5, 5.41) is 0.100. The smallest absolute Gasteiger partial charge is 0.280 e. The summed E-state index contributed by atoms with van der Waals surface area (Å²) in [7, 11) is 0. The monoisotopic (exact) mass is 237 g/mol. The minimum Gasteiger partial charge on any atom is -0.280 e. The second-order valence-corrected chi connectivity index (χ2v) is 3.79. The van der Waals surface area contributed by atoms with Gasteiger partial charge in [0.1, 0.15) is 0 Å². The fourth-order valence-electron chi connectivity index (χ4n) is 1.35. The van der Waals surface area contributed by atoms with Gasteiger partial charge in [0, 0.05) is 6.04 Å². The van der Waals surface area contributed by atoms with Crippen molar-refractivity contribution in [3.8, 4) is 0 Å². The number of nitrogens with zero attached hydrogens (tertiary/aromatic N) is 1. The lowest BCUT2D eigenvalue weighted by Gasteiger charge is -2.31. The van der Waals surface area contributed by atoms with Crippen molar-refractivity contribution in [2.45, 2.75) is 26.2 Å². The number of alkyl halides is 3. The van der Waals surface area contributed by atoms with Crippen LogP contribution < -0.4 is 4.90 Å². The van der Waals surface area contributed by atoms with Gasteiger partial charge in [0.15, 0.2) is 0 Å². The molecule has 0 unspecified atom stereocenters. The van der Waals surface area contributed by atoms with E-state index in [1.165, 1.54) is 32.0 Å². The van der Waals surface area contributed by atoms with Crippen LogP contribution >= 0.6 is 11.6 Å². The molecule has 0 amide bonds. The Morgan fingerprint density at radius 2 is 1.73 bits per heavy atom. The number of rotatable bonds is 2. The molecule has 84 valence electrons. The summed E-state index contributed by atoms with van der Waals surface area (Å²) in [4.78, 5) is 0.343. The molecule has 0 aromatic heterocycles. The second kappa shape index (κ2) is 4.31. The lowest BCUT2D eigenvalue weighted by molar-refractivity contribution is -0.133. The third-order valence-corrected chi connectivity index (χ3v) is 2.22. The molecular weight excluding hydrogens is 227 g/mol.